The van der Waals surface area contributed by atoms with Crippen molar-refractivity contribution in [1.82, 2.24) is 5.32 Å². The summed E-state index contributed by atoms with van der Waals surface area (Å²) in [6, 6.07) is 8.68. The first-order valence-corrected chi connectivity index (χ1v) is 7.60. The van der Waals surface area contributed by atoms with Crippen LogP contribution >= 0.6 is 0 Å². The molecule has 1 unspecified atom stereocenters. The highest BCUT2D eigenvalue weighted by molar-refractivity contribution is 6.03. The number of amides is 2. The van der Waals surface area contributed by atoms with Crippen molar-refractivity contribution in [3.05, 3.63) is 47.9 Å². The van der Waals surface area contributed by atoms with E-state index in [0.29, 0.717) is 5.69 Å². The summed E-state index contributed by atoms with van der Waals surface area (Å²) in [5, 5.41) is 8.89. The van der Waals surface area contributed by atoms with Crippen LogP contribution in [0.1, 0.15) is 22.5 Å². The summed E-state index contributed by atoms with van der Waals surface area (Å²) in [6.07, 6.45) is 2.32. The van der Waals surface area contributed by atoms with Crippen molar-refractivity contribution in [2.24, 2.45) is 5.92 Å². The van der Waals surface area contributed by atoms with Crippen molar-refractivity contribution < 1.29 is 14.0 Å². The van der Waals surface area contributed by atoms with Gasteiger partial charge in [0, 0.05) is 17.9 Å². The van der Waals surface area contributed by atoms with Gasteiger partial charge in [-0.25, -0.2) is 0 Å². The summed E-state index contributed by atoms with van der Waals surface area (Å²) >= 11 is 0. The highest BCUT2D eigenvalue weighted by Gasteiger charge is 2.22. The minimum Gasteiger partial charge on any atom is -0.459 e. The van der Waals surface area contributed by atoms with Gasteiger partial charge in [0.05, 0.1) is 12.2 Å². The van der Waals surface area contributed by atoms with Crippen LogP contribution in [-0.2, 0) is 4.79 Å². The van der Waals surface area contributed by atoms with Crippen molar-refractivity contribution in [1.29, 1.82) is 0 Å². The van der Waals surface area contributed by atoms with Gasteiger partial charge in [-0.3, -0.25) is 9.59 Å². The molecule has 2 amide bonds. The number of aryl methyl sites for hydroxylation is 1. The second-order valence-corrected chi connectivity index (χ2v) is 5.64. The van der Waals surface area contributed by atoms with E-state index in [1.165, 1.54) is 6.26 Å². The van der Waals surface area contributed by atoms with E-state index in [-0.39, 0.29) is 23.5 Å². The average molecular weight is 313 g/mol. The summed E-state index contributed by atoms with van der Waals surface area (Å²) in [4.78, 5) is 24.1. The van der Waals surface area contributed by atoms with Gasteiger partial charge < -0.3 is 20.4 Å². The molecule has 0 saturated carbocycles. The predicted octanol–water partition coefficient (Wildman–Crippen LogP) is 2.39. The molecule has 0 aliphatic carbocycles. The number of carbonyl (C=O) groups is 2. The predicted molar refractivity (Wildman–Crippen MR) is 87.4 cm³/mol. The Labute approximate surface area is 134 Å². The van der Waals surface area contributed by atoms with Gasteiger partial charge in [0.15, 0.2) is 5.76 Å². The van der Waals surface area contributed by atoms with Crippen LogP contribution in [0.25, 0.3) is 0 Å². The molecule has 1 aliphatic rings. The third-order valence-corrected chi connectivity index (χ3v) is 3.92. The third kappa shape index (κ3) is 3.60. The van der Waals surface area contributed by atoms with Gasteiger partial charge in [-0.2, -0.15) is 0 Å². The second kappa shape index (κ2) is 6.66. The van der Waals surface area contributed by atoms with Crippen LogP contribution in [-0.4, -0.2) is 24.9 Å². The maximum Gasteiger partial charge on any atom is 0.291 e. The van der Waals surface area contributed by atoms with Crippen LogP contribution in [0, 0.1) is 12.8 Å². The van der Waals surface area contributed by atoms with E-state index in [0.717, 1.165) is 30.8 Å². The minimum atomic E-state index is -0.299. The van der Waals surface area contributed by atoms with E-state index >= 15 is 0 Å². The molecule has 1 fully saturated rings. The van der Waals surface area contributed by atoms with Gasteiger partial charge in [-0.1, -0.05) is 0 Å². The van der Waals surface area contributed by atoms with Crippen LogP contribution < -0.4 is 16.0 Å². The number of hydrogen-bond donors (Lipinski definition) is 3. The van der Waals surface area contributed by atoms with Crippen LogP contribution in [0.3, 0.4) is 0 Å². The molecule has 2 heterocycles. The van der Waals surface area contributed by atoms with Gasteiger partial charge in [0.2, 0.25) is 5.91 Å². The first-order valence-electron chi connectivity index (χ1n) is 7.60. The van der Waals surface area contributed by atoms with E-state index in [9.17, 15) is 9.59 Å². The molecule has 0 radical (unpaired) electrons. The Bertz CT molecular complexity index is 704. The molecule has 1 aromatic heterocycles. The molecule has 1 aliphatic heterocycles. The van der Waals surface area contributed by atoms with Gasteiger partial charge >= 0.3 is 0 Å². The van der Waals surface area contributed by atoms with Crippen LogP contribution in [0.4, 0.5) is 11.4 Å². The van der Waals surface area contributed by atoms with E-state index in [1.807, 2.05) is 13.0 Å². The van der Waals surface area contributed by atoms with Crippen molar-refractivity contribution in [2.45, 2.75) is 13.3 Å². The number of furan rings is 1. The number of anilines is 2. The maximum atomic E-state index is 12.1. The molecule has 1 atom stereocenters. The quantitative estimate of drug-likeness (QED) is 0.809. The summed E-state index contributed by atoms with van der Waals surface area (Å²) in [5.41, 5.74) is 2.29. The summed E-state index contributed by atoms with van der Waals surface area (Å²) < 4.78 is 5.07. The van der Waals surface area contributed by atoms with E-state index < -0.39 is 0 Å². The standard InChI is InChI=1S/C17H19N3O3/c1-11-9-13(19-16(21)12-6-7-18-10-12)4-5-14(11)20-17(22)15-3-2-8-23-15/h2-5,8-9,12,18H,6-7,10H2,1H3,(H,19,21)(H,20,22). The second-order valence-electron chi connectivity index (χ2n) is 5.64. The highest BCUT2D eigenvalue weighted by atomic mass is 16.3. The molecule has 1 saturated heterocycles. The monoisotopic (exact) mass is 313 g/mol. The fourth-order valence-electron chi connectivity index (χ4n) is 2.60. The van der Waals surface area contributed by atoms with Gasteiger partial charge in [-0.15, -0.1) is 0 Å². The molecule has 3 N–H and O–H groups in total. The fourth-order valence-corrected chi connectivity index (χ4v) is 2.60. The smallest absolute Gasteiger partial charge is 0.291 e. The topological polar surface area (TPSA) is 83.4 Å². The molecule has 0 spiro atoms. The lowest BCUT2D eigenvalue weighted by Gasteiger charge is -2.12. The zero-order valence-corrected chi connectivity index (χ0v) is 12.9. The van der Waals surface area contributed by atoms with Crippen molar-refractivity contribution in [3.8, 4) is 0 Å². The van der Waals surface area contributed by atoms with Gasteiger partial charge in [0.25, 0.3) is 5.91 Å². The van der Waals surface area contributed by atoms with E-state index in [2.05, 4.69) is 16.0 Å². The molecule has 3 rings (SSSR count). The Balaban J connectivity index is 1.65. The first kappa shape index (κ1) is 15.3. The Kier molecular flexibility index (Phi) is 4.43. The first-order chi connectivity index (χ1) is 11.1. The molecule has 120 valence electrons. The van der Waals surface area contributed by atoms with Gasteiger partial charge in [-0.05, 0) is 55.8 Å². The molecule has 2 aromatic rings. The molecule has 6 heteroatoms. The van der Waals surface area contributed by atoms with E-state index in [1.54, 1.807) is 24.3 Å². The SMILES string of the molecule is Cc1cc(NC(=O)C2CCNC2)ccc1NC(=O)c1ccco1. The lowest BCUT2D eigenvalue weighted by Crippen LogP contribution is -2.24. The Hall–Kier alpha value is -2.60. The van der Waals surface area contributed by atoms with Crippen molar-refractivity contribution in [3.63, 3.8) is 0 Å². The average Bonchev–Trinajstić information content (AvgIpc) is 3.23. The molecular weight excluding hydrogens is 294 g/mol. The molecular formula is C17H19N3O3. The Morgan fingerprint density at radius 2 is 2.13 bits per heavy atom. The summed E-state index contributed by atoms with van der Waals surface area (Å²) in [7, 11) is 0. The Morgan fingerprint density at radius 3 is 2.78 bits per heavy atom. The minimum absolute atomic E-state index is 0.0219. The van der Waals surface area contributed by atoms with Crippen LogP contribution in [0.5, 0.6) is 0 Å². The van der Waals surface area contributed by atoms with Crippen LogP contribution in [0.15, 0.2) is 41.0 Å². The summed E-state index contributed by atoms with van der Waals surface area (Å²) in [5.74, 6) is 0.0119. The number of hydrogen-bond acceptors (Lipinski definition) is 4. The number of carbonyl (C=O) groups excluding carboxylic acids is 2. The highest BCUT2D eigenvalue weighted by Crippen LogP contribution is 2.21. The van der Waals surface area contributed by atoms with E-state index in [4.69, 9.17) is 4.42 Å². The molecule has 0 bridgehead atoms. The lowest BCUT2D eigenvalue weighted by molar-refractivity contribution is -0.119. The lowest BCUT2D eigenvalue weighted by atomic mass is 10.1. The zero-order valence-electron chi connectivity index (χ0n) is 12.9. The van der Waals surface area contributed by atoms with Gasteiger partial charge in [0.1, 0.15) is 0 Å². The van der Waals surface area contributed by atoms with Crippen molar-refractivity contribution in [2.75, 3.05) is 23.7 Å². The number of nitrogens with one attached hydrogen (secondary N) is 3. The van der Waals surface area contributed by atoms with Crippen LogP contribution in [0.2, 0.25) is 0 Å². The Morgan fingerprint density at radius 1 is 1.26 bits per heavy atom. The normalized spacial score (nSPS) is 17.0. The molecule has 23 heavy (non-hydrogen) atoms. The van der Waals surface area contributed by atoms with Crippen molar-refractivity contribution >= 4 is 23.2 Å². The third-order valence-electron chi connectivity index (χ3n) is 3.92. The fraction of sp³-hybridized carbons (Fsp3) is 0.294. The maximum absolute atomic E-state index is 12.1. The number of benzene rings is 1. The largest absolute Gasteiger partial charge is 0.459 e. The molecule has 6 nitrogen and oxygen atoms in total. The zero-order chi connectivity index (χ0) is 16.2. The summed E-state index contributed by atoms with van der Waals surface area (Å²) in [6.45, 7) is 3.49. The molecule has 1 aromatic carbocycles. The number of rotatable bonds is 4.